The molecule has 32 heavy (non-hydrogen) atoms. The van der Waals surface area contributed by atoms with E-state index in [4.69, 9.17) is 17.3 Å². The predicted molar refractivity (Wildman–Crippen MR) is 116 cm³/mol. The van der Waals surface area contributed by atoms with Gasteiger partial charge in [-0.15, -0.1) is 0 Å². The van der Waals surface area contributed by atoms with E-state index in [9.17, 15) is 19.2 Å². The van der Waals surface area contributed by atoms with Gasteiger partial charge in [0.25, 0.3) is 5.91 Å². The van der Waals surface area contributed by atoms with Crippen molar-refractivity contribution in [3.05, 3.63) is 99.1 Å². The lowest BCUT2D eigenvalue weighted by Crippen LogP contribution is -2.35. The van der Waals surface area contributed by atoms with Crippen LogP contribution in [-0.4, -0.2) is 21.7 Å². The minimum Gasteiger partial charge on any atom is -0.366 e. The summed E-state index contributed by atoms with van der Waals surface area (Å²) >= 11 is 6.11. The van der Waals surface area contributed by atoms with Gasteiger partial charge < -0.3 is 10.6 Å². The van der Waals surface area contributed by atoms with E-state index >= 15 is 0 Å². The number of fused-ring (bicyclic) bond motifs is 1. The third-order valence-electron chi connectivity index (χ3n) is 5.63. The summed E-state index contributed by atoms with van der Waals surface area (Å²) < 4.78 is 14.5. The third kappa shape index (κ3) is 3.93. The molecule has 2 N–H and O–H groups in total. The highest BCUT2D eigenvalue weighted by Gasteiger charge is 2.35. The van der Waals surface area contributed by atoms with Gasteiger partial charge in [-0.05, 0) is 59.9 Å². The topological polar surface area (TPSA) is 100 Å². The van der Waals surface area contributed by atoms with Crippen molar-refractivity contribution in [1.29, 1.82) is 5.26 Å². The Bertz CT molecular complexity index is 1270. The van der Waals surface area contributed by atoms with Crippen LogP contribution in [0, 0.1) is 17.1 Å². The highest BCUT2D eigenvalue weighted by atomic mass is 35.5. The van der Waals surface area contributed by atoms with Crippen LogP contribution in [0.25, 0.3) is 0 Å². The van der Waals surface area contributed by atoms with E-state index in [-0.39, 0.29) is 28.4 Å². The van der Waals surface area contributed by atoms with Gasteiger partial charge in [-0.1, -0.05) is 29.8 Å². The molecule has 4 rings (SSSR count). The molecule has 0 spiro atoms. The Balaban J connectivity index is 1.83. The lowest BCUT2D eigenvalue weighted by molar-refractivity contribution is 0.0655. The molecule has 160 valence electrons. The summed E-state index contributed by atoms with van der Waals surface area (Å²) in [7, 11) is 0. The van der Waals surface area contributed by atoms with Crippen LogP contribution in [0.1, 0.15) is 55.6 Å². The second-order valence-corrected chi connectivity index (χ2v) is 7.91. The van der Waals surface area contributed by atoms with Gasteiger partial charge in [0.2, 0.25) is 5.91 Å². The molecule has 0 bridgehead atoms. The summed E-state index contributed by atoms with van der Waals surface area (Å²) in [6.45, 7) is 0.0376. The number of benzene rings is 2. The smallest absolute Gasteiger partial charge is 0.257 e. The highest BCUT2D eigenvalue weighted by Crippen LogP contribution is 2.40. The van der Waals surface area contributed by atoms with Crippen molar-refractivity contribution in [2.45, 2.75) is 25.4 Å². The molecule has 1 heterocycles. The van der Waals surface area contributed by atoms with Gasteiger partial charge in [0.15, 0.2) is 5.69 Å². The van der Waals surface area contributed by atoms with Crippen LogP contribution in [0.4, 0.5) is 4.39 Å². The van der Waals surface area contributed by atoms with Gasteiger partial charge in [-0.25, -0.2) is 9.37 Å². The summed E-state index contributed by atoms with van der Waals surface area (Å²) in [5.74, 6) is -1.49. The molecule has 0 aliphatic heterocycles. The molecule has 8 heteroatoms. The van der Waals surface area contributed by atoms with E-state index < -0.39 is 23.7 Å². The van der Waals surface area contributed by atoms with Crippen LogP contribution < -0.4 is 5.73 Å². The maximum atomic E-state index is 14.5. The predicted octanol–water partition coefficient (Wildman–Crippen LogP) is 4.17. The summed E-state index contributed by atoms with van der Waals surface area (Å²) in [5.41, 5.74) is 7.60. The molecule has 0 saturated carbocycles. The van der Waals surface area contributed by atoms with Crippen molar-refractivity contribution in [2.75, 3.05) is 0 Å². The maximum absolute atomic E-state index is 14.5. The van der Waals surface area contributed by atoms with Gasteiger partial charge in [-0.2, -0.15) is 5.26 Å². The van der Waals surface area contributed by atoms with Crippen molar-refractivity contribution in [3.8, 4) is 6.07 Å². The molecular weight excluding hydrogens is 431 g/mol. The number of aromatic nitrogens is 1. The van der Waals surface area contributed by atoms with Crippen LogP contribution in [0.3, 0.4) is 0 Å². The molecule has 0 radical (unpaired) electrons. The molecule has 0 fully saturated rings. The van der Waals surface area contributed by atoms with E-state index in [2.05, 4.69) is 4.98 Å². The Hall–Kier alpha value is -3.76. The molecule has 1 aliphatic carbocycles. The largest absolute Gasteiger partial charge is 0.366 e. The summed E-state index contributed by atoms with van der Waals surface area (Å²) in [6, 6.07) is 14.2. The Labute approximate surface area is 189 Å². The minimum absolute atomic E-state index is 0.0128. The fourth-order valence-electron chi connectivity index (χ4n) is 4.17. The number of nitrogens with two attached hydrogens (primary N) is 1. The average molecular weight is 449 g/mol. The van der Waals surface area contributed by atoms with Crippen LogP contribution in [0.2, 0.25) is 5.02 Å². The Morgan fingerprint density at radius 2 is 1.97 bits per heavy atom. The van der Waals surface area contributed by atoms with Crippen molar-refractivity contribution >= 4 is 23.4 Å². The lowest BCUT2D eigenvalue weighted by Gasteiger charge is -2.31. The van der Waals surface area contributed by atoms with E-state index in [0.29, 0.717) is 29.5 Å². The molecule has 1 atom stereocenters. The first-order chi connectivity index (χ1) is 15.4. The number of halogens is 2. The SMILES string of the molecule is N#Cc1ncccc1C(=O)N(Cc1ccccc1C(N)=O)[C@@H]1CCc2c(F)cc(Cl)cc21. The second-order valence-electron chi connectivity index (χ2n) is 7.48. The first-order valence-electron chi connectivity index (χ1n) is 9.92. The molecule has 0 saturated heterocycles. The minimum atomic E-state index is -0.618. The number of primary amides is 1. The maximum Gasteiger partial charge on any atom is 0.257 e. The van der Waals surface area contributed by atoms with Gasteiger partial charge >= 0.3 is 0 Å². The van der Waals surface area contributed by atoms with E-state index in [1.54, 1.807) is 36.4 Å². The Morgan fingerprint density at radius 1 is 1.22 bits per heavy atom. The molecule has 0 unspecified atom stereocenters. The van der Waals surface area contributed by atoms with Gasteiger partial charge in [-0.3, -0.25) is 9.59 Å². The van der Waals surface area contributed by atoms with Gasteiger partial charge in [0, 0.05) is 23.3 Å². The zero-order chi connectivity index (χ0) is 22.8. The van der Waals surface area contributed by atoms with Crippen LogP contribution in [-0.2, 0) is 13.0 Å². The van der Waals surface area contributed by atoms with Crippen molar-refractivity contribution in [1.82, 2.24) is 9.88 Å². The van der Waals surface area contributed by atoms with Crippen molar-refractivity contribution in [3.63, 3.8) is 0 Å². The van der Waals surface area contributed by atoms with Crippen molar-refractivity contribution < 1.29 is 14.0 Å². The van der Waals surface area contributed by atoms with E-state index in [1.165, 1.54) is 23.2 Å². The Morgan fingerprint density at radius 3 is 2.72 bits per heavy atom. The summed E-state index contributed by atoms with van der Waals surface area (Å²) in [6.07, 6.45) is 2.34. The van der Waals surface area contributed by atoms with Gasteiger partial charge in [0.05, 0.1) is 11.6 Å². The fourth-order valence-corrected chi connectivity index (χ4v) is 4.39. The number of rotatable bonds is 5. The number of carbonyl (C=O) groups is 2. The molecule has 6 nitrogen and oxygen atoms in total. The summed E-state index contributed by atoms with van der Waals surface area (Å²) in [5, 5.41) is 9.67. The second kappa shape index (κ2) is 8.77. The fraction of sp³-hybridized carbons (Fsp3) is 0.167. The van der Waals surface area contributed by atoms with Crippen molar-refractivity contribution in [2.24, 2.45) is 5.73 Å². The zero-order valence-electron chi connectivity index (χ0n) is 16.9. The van der Waals surface area contributed by atoms with Crippen LogP contribution in [0.5, 0.6) is 0 Å². The molecule has 3 aromatic rings. The first-order valence-corrected chi connectivity index (χ1v) is 10.3. The lowest BCUT2D eigenvalue weighted by atomic mass is 10.0. The Kier molecular flexibility index (Phi) is 5.89. The number of nitriles is 1. The number of amides is 2. The normalized spacial score (nSPS) is 14.5. The standard InChI is InChI=1S/C24H18ClFN4O2/c25-15-10-19-17(20(26)11-15)7-8-22(19)30(13-14-4-1-2-5-16(14)23(28)31)24(32)18-6-3-9-29-21(18)12-27/h1-6,9-11,22H,7-8,13H2,(H2,28,31)/t22-/m1/s1. The van der Waals surface area contributed by atoms with Crippen LogP contribution >= 0.6 is 11.6 Å². The first kappa shape index (κ1) is 21.5. The third-order valence-corrected chi connectivity index (χ3v) is 5.84. The van der Waals surface area contributed by atoms with E-state index in [0.717, 1.165) is 0 Å². The molecular formula is C24H18ClFN4O2. The monoisotopic (exact) mass is 448 g/mol. The number of nitrogens with zero attached hydrogens (tertiary/aromatic N) is 3. The molecule has 2 amide bonds. The quantitative estimate of drug-likeness (QED) is 0.632. The highest BCUT2D eigenvalue weighted by molar-refractivity contribution is 6.30. The van der Waals surface area contributed by atoms with E-state index in [1.807, 2.05) is 6.07 Å². The molecule has 2 aromatic carbocycles. The number of pyridine rings is 1. The molecule has 1 aliphatic rings. The number of carbonyl (C=O) groups excluding carboxylic acids is 2. The average Bonchev–Trinajstić information content (AvgIpc) is 3.21. The molecule has 1 aromatic heterocycles. The number of hydrogen-bond acceptors (Lipinski definition) is 4. The van der Waals surface area contributed by atoms with Gasteiger partial charge in [0.1, 0.15) is 11.9 Å². The number of hydrogen-bond donors (Lipinski definition) is 1. The zero-order valence-corrected chi connectivity index (χ0v) is 17.6. The van der Waals surface area contributed by atoms with Crippen LogP contribution in [0.15, 0.2) is 54.7 Å². The summed E-state index contributed by atoms with van der Waals surface area (Å²) in [4.78, 5) is 31.1.